The van der Waals surface area contributed by atoms with Crippen LogP contribution in [0.15, 0.2) is 0 Å². The molecule has 0 aromatic carbocycles. The van der Waals surface area contributed by atoms with E-state index in [1.807, 2.05) is 0 Å². The zero-order valence-corrected chi connectivity index (χ0v) is 10.4. The van der Waals surface area contributed by atoms with Crippen LogP contribution >= 0.6 is 0 Å². The van der Waals surface area contributed by atoms with Gasteiger partial charge in [-0.2, -0.15) is 0 Å². The third-order valence-corrected chi connectivity index (χ3v) is 2.03. The fourth-order valence-corrected chi connectivity index (χ4v) is 1.26. The van der Waals surface area contributed by atoms with E-state index in [0.29, 0.717) is 0 Å². The zero-order chi connectivity index (χ0) is 10.8. The van der Waals surface area contributed by atoms with E-state index in [0.717, 1.165) is 38.5 Å². The molecule has 2 radical (unpaired) electrons. The summed E-state index contributed by atoms with van der Waals surface area (Å²) in [6, 6.07) is 0. The van der Waals surface area contributed by atoms with Gasteiger partial charge in [-0.25, -0.2) is 0 Å². The molecule has 0 atom stereocenters. The monoisotopic (exact) mass is 216 g/mol. The predicted octanol–water partition coefficient (Wildman–Crippen LogP) is 1.51. The van der Waals surface area contributed by atoms with Crippen LogP contribution in [0.5, 0.6) is 0 Å². The van der Waals surface area contributed by atoms with Gasteiger partial charge in [-0.05, 0) is 12.8 Å². The van der Waals surface area contributed by atoms with Gasteiger partial charge in [0.2, 0.25) is 0 Å². The Hall–Kier alpha value is 0.135. The fourth-order valence-electron chi connectivity index (χ4n) is 1.26. The minimum atomic E-state index is -0.740. The third-order valence-electron chi connectivity index (χ3n) is 2.03. The second-order valence-corrected chi connectivity index (χ2v) is 3.41. The zero-order valence-electron chi connectivity index (χ0n) is 10.4. The average Bonchev–Trinajstić information content (AvgIpc) is 2.08. The van der Waals surface area contributed by atoms with Crippen LogP contribution in [0.25, 0.3) is 0 Å². The Morgan fingerprint density at radius 2 is 0.875 bits per heavy atom. The molecule has 4 nitrogen and oxygen atoms in total. The molecule has 2 N–H and O–H groups in total. The topological polar surface area (TPSA) is 74.6 Å². The van der Waals surface area contributed by atoms with Gasteiger partial charge in [0.25, 0.3) is 0 Å². The molecular weight excluding hydrogens is 198 g/mol. The molecule has 0 unspecified atom stereocenters. The summed E-state index contributed by atoms with van der Waals surface area (Å²) in [4.78, 5) is 20.3. The molecule has 0 saturated carbocycles. The van der Waals surface area contributed by atoms with Crippen molar-refractivity contribution in [3.8, 4) is 0 Å². The normalized spacial score (nSPS) is 8.75. The van der Waals surface area contributed by atoms with Crippen LogP contribution in [-0.2, 0) is 9.59 Å². The van der Waals surface area contributed by atoms with Crippen molar-refractivity contribution >= 4 is 49.7 Å². The van der Waals surface area contributed by atoms with Gasteiger partial charge in [-0.3, -0.25) is 9.59 Å². The van der Waals surface area contributed by atoms with E-state index >= 15 is 0 Å². The Morgan fingerprint density at radius 3 is 1.12 bits per heavy atom. The number of hydrogen-bond donors (Lipinski definition) is 2. The summed E-state index contributed by atoms with van der Waals surface area (Å²) < 4.78 is 0. The van der Waals surface area contributed by atoms with E-state index in [4.69, 9.17) is 10.2 Å². The Morgan fingerprint density at radius 1 is 0.625 bits per heavy atom. The summed E-state index contributed by atoms with van der Waals surface area (Å²) in [7, 11) is 0. The molecule has 0 fully saturated rings. The maximum Gasteiger partial charge on any atom is 0.303 e. The molecule has 0 aromatic rings. The Balaban J connectivity index is -0.000000845. The van der Waals surface area contributed by atoms with Crippen molar-refractivity contribution in [1.82, 2.24) is 0 Å². The minimum Gasteiger partial charge on any atom is -0.481 e. The molecule has 16 heavy (non-hydrogen) atoms. The summed E-state index contributed by atoms with van der Waals surface area (Å²) in [5.41, 5.74) is 0. The molecule has 0 heterocycles. The quantitative estimate of drug-likeness (QED) is 0.452. The van der Waals surface area contributed by atoms with Crippen molar-refractivity contribution in [2.75, 3.05) is 0 Å². The van der Waals surface area contributed by atoms with E-state index in [-0.39, 0.29) is 50.6 Å². The van der Waals surface area contributed by atoms with Crippen molar-refractivity contribution in [2.24, 2.45) is 0 Å². The molecule has 6 heteroatoms. The Labute approximate surface area is 121 Å². The molecule has 0 amide bonds. The van der Waals surface area contributed by atoms with Gasteiger partial charge < -0.3 is 10.2 Å². The number of aliphatic carboxylic acids is 2. The minimum absolute atomic E-state index is 0. The van der Waals surface area contributed by atoms with Crippen LogP contribution in [0.1, 0.15) is 51.4 Å². The van der Waals surface area contributed by atoms with Gasteiger partial charge in [0.1, 0.15) is 0 Å². The predicted molar refractivity (Wildman–Crippen MR) is 63.7 cm³/mol. The first-order valence-electron chi connectivity index (χ1n) is 5.06. The number of carboxylic acid groups (broad SMARTS) is 2. The molecule has 0 saturated heterocycles. The van der Waals surface area contributed by atoms with Crippen molar-refractivity contribution < 1.29 is 19.8 Å². The fraction of sp³-hybridized carbons (Fsp3) is 0.800. The van der Waals surface area contributed by atoms with E-state index < -0.39 is 11.9 Å². The van der Waals surface area contributed by atoms with E-state index in [1.165, 1.54) is 0 Å². The second kappa shape index (κ2) is 15.1. The molecule has 0 aromatic heterocycles. The van der Waals surface area contributed by atoms with Gasteiger partial charge in [-0.1, -0.05) is 25.7 Å². The summed E-state index contributed by atoms with van der Waals surface area (Å²) in [6.07, 6.45) is 5.82. The van der Waals surface area contributed by atoms with Crippen LogP contribution in [0.2, 0.25) is 0 Å². The van der Waals surface area contributed by atoms with E-state index in [2.05, 4.69) is 0 Å². The number of hydrogen-bond acceptors (Lipinski definition) is 2. The summed E-state index contributed by atoms with van der Waals surface area (Å²) in [5.74, 6) is -1.48. The Kier molecular flexibility index (Phi) is 20.3. The number of carbonyl (C=O) groups is 2. The Bertz CT molecular complexity index is 166. The first-order chi connectivity index (χ1) is 6.63. The van der Waals surface area contributed by atoms with Gasteiger partial charge >= 0.3 is 11.9 Å². The smallest absolute Gasteiger partial charge is 0.303 e. The van der Waals surface area contributed by atoms with Gasteiger partial charge in [0, 0.05) is 50.6 Å². The van der Waals surface area contributed by atoms with Crippen molar-refractivity contribution in [1.29, 1.82) is 0 Å². The van der Waals surface area contributed by atoms with Gasteiger partial charge in [0.05, 0.1) is 0 Å². The van der Waals surface area contributed by atoms with Crippen LogP contribution in [0.3, 0.4) is 0 Å². The van der Waals surface area contributed by atoms with Gasteiger partial charge in [0.15, 0.2) is 0 Å². The first kappa shape index (κ1) is 21.4. The standard InChI is InChI=1S/C10H18O4.2Li/c11-9(12)7-5-3-1-2-4-6-8-10(13)14;;/h1-8H2,(H,11,12)(H,13,14);;. The second-order valence-electron chi connectivity index (χ2n) is 3.41. The number of rotatable bonds is 9. The largest absolute Gasteiger partial charge is 0.481 e. The van der Waals surface area contributed by atoms with Gasteiger partial charge in [-0.15, -0.1) is 0 Å². The number of carboxylic acids is 2. The molecule has 0 bridgehead atoms. The number of unbranched alkanes of at least 4 members (excludes halogenated alkanes) is 5. The average molecular weight is 216 g/mol. The van der Waals surface area contributed by atoms with Crippen molar-refractivity contribution in [2.45, 2.75) is 51.4 Å². The summed E-state index contributed by atoms with van der Waals surface area (Å²) in [5, 5.41) is 16.7. The van der Waals surface area contributed by atoms with E-state index in [9.17, 15) is 9.59 Å². The molecule has 0 rings (SSSR count). The molecular formula is C10H18Li2O4. The van der Waals surface area contributed by atoms with Crippen LogP contribution in [0, 0.1) is 0 Å². The van der Waals surface area contributed by atoms with Crippen molar-refractivity contribution in [3.63, 3.8) is 0 Å². The van der Waals surface area contributed by atoms with Crippen LogP contribution in [0.4, 0.5) is 0 Å². The van der Waals surface area contributed by atoms with Crippen molar-refractivity contribution in [3.05, 3.63) is 0 Å². The maximum absolute atomic E-state index is 10.1. The molecule has 0 aliphatic carbocycles. The first-order valence-corrected chi connectivity index (χ1v) is 5.06. The maximum atomic E-state index is 10.1. The molecule has 0 aliphatic heterocycles. The summed E-state index contributed by atoms with van der Waals surface area (Å²) >= 11 is 0. The van der Waals surface area contributed by atoms with Crippen LogP contribution < -0.4 is 0 Å². The SMILES string of the molecule is O=C(O)CCCCCCCCC(=O)O.[Li].[Li]. The third kappa shape index (κ3) is 19.7. The molecule has 0 aliphatic rings. The van der Waals surface area contributed by atoms with Crippen LogP contribution in [-0.4, -0.2) is 59.9 Å². The van der Waals surface area contributed by atoms with E-state index in [1.54, 1.807) is 0 Å². The molecule has 0 spiro atoms. The summed E-state index contributed by atoms with van der Waals surface area (Å²) in [6.45, 7) is 0. The molecule has 84 valence electrons.